The minimum absolute atomic E-state index is 0.0618. The Hall–Kier alpha value is -3.84. The Labute approximate surface area is 215 Å². The van der Waals surface area contributed by atoms with Crippen LogP contribution in [0.3, 0.4) is 0 Å². The number of carbonyl (C=O) groups excluding carboxylic acids is 1. The summed E-state index contributed by atoms with van der Waals surface area (Å²) in [6, 6.07) is 14.7. The first-order valence-corrected chi connectivity index (χ1v) is 12.9. The summed E-state index contributed by atoms with van der Waals surface area (Å²) in [4.78, 5) is 28.1. The number of rotatable bonds is 5. The number of ketones is 1. The van der Waals surface area contributed by atoms with E-state index in [0.717, 1.165) is 30.8 Å². The summed E-state index contributed by atoms with van der Waals surface area (Å²) in [5.41, 5.74) is 3.72. The van der Waals surface area contributed by atoms with Crippen LogP contribution < -0.4 is 15.0 Å². The molecule has 7 nitrogen and oxygen atoms in total. The van der Waals surface area contributed by atoms with Gasteiger partial charge in [-0.05, 0) is 56.0 Å². The summed E-state index contributed by atoms with van der Waals surface area (Å²) in [6.07, 6.45) is 2.77. The number of allylic oxidation sites excluding steroid dienone is 1. The molecular weight excluding hydrogens is 468 g/mol. The van der Waals surface area contributed by atoms with Crippen LogP contribution in [0.1, 0.15) is 52.0 Å². The molecule has 190 valence electrons. The number of aromatic hydroxyl groups is 1. The summed E-state index contributed by atoms with van der Waals surface area (Å²) in [5, 5.41) is 11.0. The molecule has 2 aromatic carbocycles. The molecule has 1 saturated heterocycles. The highest BCUT2D eigenvalue weighted by molar-refractivity contribution is 6.16. The maximum absolute atomic E-state index is 13.4. The molecule has 0 aliphatic carbocycles. The van der Waals surface area contributed by atoms with E-state index in [2.05, 4.69) is 4.90 Å². The lowest BCUT2D eigenvalue weighted by Crippen LogP contribution is -2.46. The van der Waals surface area contributed by atoms with Gasteiger partial charge in [0.1, 0.15) is 17.2 Å². The Morgan fingerprint density at radius 3 is 2.78 bits per heavy atom. The number of carbonyl (C=O) groups is 1. The standard InChI is InChI=1S/C30H30N2O5/c1-3-36-25-9-5-4-7-20(25)13-26-29(35)28-18(2)11-24(33)22(30(28)37-26)17-31-14-19-12-21(16-31)23-8-6-10-27(34)32(23)15-19/h4-11,13,19,21,33H,3,12,14-17H2,1-2H3/b26-13-/t19-,21+/m1/s1. The van der Waals surface area contributed by atoms with Gasteiger partial charge < -0.3 is 19.1 Å². The van der Waals surface area contributed by atoms with E-state index in [1.165, 1.54) is 0 Å². The zero-order valence-corrected chi connectivity index (χ0v) is 21.1. The van der Waals surface area contributed by atoms with E-state index in [1.54, 1.807) is 18.2 Å². The van der Waals surface area contributed by atoms with Crippen LogP contribution >= 0.6 is 0 Å². The lowest BCUT2D eigenvalue weighted by molar-refractivity contribution is 0.101. The van der Waals surface area contributed by atoms with Crippen LogP contribution in [0.25, 0.3) is 6.08 Å². The summed E-state index contributed by atoms with van der Waals surface area (Å²) in [5.74, 6) is 1.91. The van der Waals surface area contributed by atoms with Crippen molar-refractivity contribution in [1.29, 1.82) is 0 Å². The number of phenolic OH excluding ortho intramolecular Hbond substituents is 1. The van der Waals surface area contributed by atoms with Crippen LogP contribution in [-0.2, 0) is 13.1 Å². The van der Waals surface area contributed by atoms with Crippen molar-refractivity contribution in [2.24, 2.45) is 5.92 Å². The monoisotopic (exact) mass is 498 g/mol. The fourth-order valence-electron chi connectivity index (χ4n) is 6.11. The molecule has 0 unspecified atom stereocenters. The van der Waals surface area contributed by atoms with Crippen molar-refractivity contribution in [2.45, 2.75) is 39.3 Å². The van der Waals surface area contributed by atoms with E-state index in [0.29, 0.717) is 53.8 Å². The number of Topliss-reactive ketones (excluding diaryl/α,β-unsaturated/α-hetero) is 1. The number of fused-ring (bicyclic) bond motifs is 5. The summed E-state index contributed by atoms with van der Waals surface area (Å²) in [6.45, 7) is 7.03. The average Bonchev–Trinajstić information content (AvgIpc) is 3.20. The Morgan fingerprint density at radius 1 is 1.11 bits per heavy atom. The number of hydrogen-bond acceptors (Lipinski definition) is 6. The topological polar surface area (TPSA) is 81.0 Å². The van der Waals surface area contributed by atoms with Crippen LogP contribution in [0.15, 0.2) is 59.1 Å². The van der Waals surface area contributed by atoms with E-state index in [1.807, 2.05) is 54.8 Å². The zero-order chi connectivity index (χ0) is 25.7. The van der Waals surface area contributed by atoms with E-state index >= 15 is 0 Å². The third-order valence-electron chi connectivity index (χ3n) is 7.66. The molecule has 7 heteroatoms. The van der Waals surface area contributed by atoms with Gasteiger partial charge in [-0.25, -0.2) is 0 Å². The largest absolute Gasteiger partial charge is 0.507 e. The number of para-hydroxylation sites is 1. The quantitative estimate of drug-likeness (QED) is 0.522. The van der Waals surface area contributed by atoms with E-state index < -0.39 is 0 Å². The van der Waals surface area contributed by atoms with Gasteiger partial charge in [0, 0.05) is 49.4 Å². The van der Waals surface area contributed by atoms with Crippen molar-refractivity contribution in [3.8, 4) is 17.2 Å². The molecule has 2 bridgehead atoms. The number of phenols is 1. The Morgan fingerprint density at radius 2 is 1.95 bits per heavy atom. The molecule has 3 aliphatic rings. The lowest BCUT2D eigenvalue weighted by Gasteiger charge is -2.43. The van der Waals surface area contributed by atoms with Crippen LogP contribution in [0.5, 0.6) is 17.2 Å². The van der Waals surface area contributed by atoms with Crippen molar-refractivity contribution in [3.05, 3.63) is 92.6 Å². The Kier molecular flexibility index (Phi) is 5.88. The van der Waals surface area contributed by atoms with Crippen LogP contribution in [0.4, 0.5) is 0 Å². The fourth-order valence-corrected chi connectivity index (χ4v) is 6.11. The number of pyridine rings is 1. The first-order chi connectivity index (χ1) is 17.9. The molecular formula is C30H30N2O5. The third-order valence-corrected chi connectivity index (χ3v) is 7.66. The van der Waals surface area contributed by atoms with Gasteiger partial charge in [-0.1, -0.05) is 24.3 Å². The minimum Gasteiger partial charge on any atom is -0.507 e. The maximum atomic E-state index is 13.4. The SMILES string of the molecule is CCOc1ccccc1/C=C1\Oc2c(CN3C[C@H]4C[C@@H](C3)c3cccc(=O)n3C4)c(O)cc(C)c2C1=O. The van der Waals surface area contributed by atoms with Crippen molar-refractivity contribution in [3.63, 3.8) is 0 Å². The predicted octanol–water partition coefficient (Wildman–Crippen LogP) is 4.50. The molecule has 6 rings (SSSR count). The number of aryl methyl sites for hydroxylation is 1. The van der Waals surface area contributed by atoms with E-state index in [-0.39, 0.29) is 28.8 Å². The van der Waals surface area contributed by atoms with Crippen molar-refractivity contribution >= 4 is 11.9 Å². The molecule has 0 amide bonds. The van der Waals surface area contributed by atoms with Gasteiger partial charge in [-0.2, -0.15) is 0 Å². The van der Waals surface area contributed by atoms with E-state index in [4.69, 9.17) is 9.47 Å². The highest BCUT2D eigenvalue weighted by Gasteiger charge is 2.37. The molecule has 0 radical (unpaired) electrons. The van der Waals surface area contributed by atoms with Gasteiger partial charge in [0.2, 0.25) is 5.78 Å². The number of ether oxygens (including phenoxy) is 2. The minimum atomic E-state index is -0.191. The number of likely N-dealkylation sites (tertiary alicyclic amines) is 1. The molecule has 0 spiro atoms. The van der Waals surface area contributed by atoms with Gasteiger partial charge in [-0.3, -0.25) is 14.5 Å². The van der Waals surface area contributed by atoms with Crippen molar-refractivity contribution < 1.29 is 19.4 Å². The number of benzene rings is 2. The number of piperidine rings is 1. The van der Waals surface area contributed by atoms with Gasteiger partial charge in [0.25, 0.3) is 5.56 Å². The molecule has 1 fully saturated rings. The molecule has 2 atom stereocenters. The van der Waals surface area contributed by atoms with E-state index in [9.17, 15) is 14.7 Å². The molecule has 3 aromatic rings. The second-order valence-corrected chi connectivity index (χ2v) is 10.2. The Bertz CT molecular complexity index is 1490. The molecule has 37 heavy (non-hydrogen) atoms. The normalized spacial score (nSPS) is 21.5. The first-order valence-electron chi connectivity index (χ1n) is 12.9. The second-order valence-electron chi connectivity index (χ2n) is 10.2. The lowest BCUT2D eigenvalue weighted by atomic mass is 9.83. The zero-order valence-electron chi connectivity index (χ0n) is 21.1. The highest BCUT2D eigenvalue weighted by Crippen LogP contribution is 2.44. The smallest absolute Gasteiger partial charge is 0.250 e. The first kappa shape index (κ1) is 23.6. The number of nitrogens with zero attached hydrogens (tertiary/aromatic N) is 2. The average molecular weight is 499 g/mol. The highest BCUT2D eigenvalue weighted by atomic mass is 16.5. The second kappa shape index (κ2) is 9.23. The Balaban J connectivity index is 1.31. The van der Waals surface area contributed by atoms with Crippen molar-refractivity contribution in [2.75, 3.05) is 19.7 Å². The number of aromatic nitrogens is 1. The molecule has 1 N–H and O–H groups in total. The molecule has 4 heterocycles. The molecule has 3 aliphatic heterocycles. The summed E-state index contributed by atoms with van der Waals surface area (Å²) < 4.78 is 13.8. The van der Waals surface area contributed by atoms with Crippen LogP contribution in [-0.4, -0.2) is 40.1 Å². The fraction of sp³-hybridized carbons (Fsp3) is 0.333. The summed E-state index contributed by atoms with van der Waals surface area (Å²) in [7, 11) is 0. The maximum Gasteiger partial charge on any atom is 0.250 e. The van der Waals surface area contributed by atoms with Gasteiger partial charge >= 0.3 is 0 Å². The van der Waals surface area contributed by atoms with Crippen LogP contribution in [0, 0.1) is 12.8 Å². The summed E-state index contributed by atoms with van der Waals surface area (Å²) >= 11 is 0. The van der Waals surface area contributed by atoms with Crippen molar-refractivity contribution in [1.82, 2.24) is 9.47 Å². The van der Waals surface area contributed by atoms with Gasteiger partial charge in [0.15, 0.2) is 5.76 Å². The predicted molar refractivity (Wildman–Crippen MR) is 140 cm³/mol. The molecule has 0 saturated carbocycles. The third kappa shape index (κ3) is 4.13. The van der Waals surface area contributed by atoms with Crippen LogP contribution in [0.2, 0.25) is 0 Å². The van der Waals surface area contributed by atoms with Gasteiger partial charge in [-0.15, -0.1) is 0 Å². The molecule has 1 aromatic heterocycles. The van der Waals surface area contributed by atoms with Gasteiger partial charge in [0.05, 0.1) is 17.7 Å². The number of hydrogen-bond donors (Lipinski definition) is 1.